The molecule has 188 valence electrons. The van der Waals surface area contributed by atoms with Gasteiger partial charge in [0.2, 0.25) is 17.6 Å². The zero-order valence-electron chi connectivity index (χ0n) is 21.4. The Morgan fingerprint density at radius 3 is 2.37 bits per heavy atom. The number of nitrogens with one attached hydrogen (secondary N) is 1. The van der Waals surface area contributed by atoms with Crippen LogP contribution in [0.3, 0.4) is 0 Å². The third kappa shape index (κ3) is 6.68. The second-order valence-corrected chi connectivity index (χ2v) is 9.92. The predicted molar refractivity (Wildman–Crippen MR) is 132 cm³/mol. The van der Waals surface area contributed by atoms with Crippen molar-refractivity contribution in [3.8, 4) is 17.3 Å². The maximum atomic E-state index is 13.8. The highest BCUT2D eigenvalue weighted by Gasteiger charge is 2.34. The summed E-state index contributed by atoms with van der Waals surface area (Å²) in [4.78, 5) is 28.8. The molecule has 1 atom stereocenters. The number of aryl methyl sites for hydroxylation is 1. The maximum Gasteiger partial charge on any atom is 0.249 e. The molecule has 10 nitrogen and oxygen atoms in total. The summed E-state index contributed by atoms with van der Waals surface area (Å²) in [5.74, 6) is 1.75. The maximum absolute atomic E-state index is 13.8. The lowest BCUT2D eigenvalue weighted by molar-refractivity contribution is -0.128. The van der Waals surface area contributed by atoms with Crippen LogP contribution in [-0.4, -0.2) is 50.7 Å². The molecule has 0 aliphatic heterocycles. The molecule has 0 saturated heterocycles. The molecule has 0 radical (unpaired) electrons. The Kier molecular flexibility index (Phi) is 7.93. The Labute approximate surface area is 205 Å². The van der Waals surface area contributed by atoms with E-state index in [1.54, 1.807) is 43.5 Å². The summed E-state index contributed by atoms with van der Waals surface area (Å²) in [5, 5.41) is 14.8. The van der Waals surface area contributed by atoms with E-state index in [1.807, 2.05) is 41.5 Å². The van der Waals surface area contributed by atoms with Crippen molar-refractivity contribution in [1.29, 1.82) is 0 Å². The van der Waals surface area contributed by atoms with Crippen LogP contribution in [0.5, 0.6) is 5.75 Å². The number of amides is 2. The van der Waals surface area contributed by atoms with Gasteiger partial charge in [-0.25, -0.2) is 4.68 Å². The molecule has 2 heterocycles. The third-order valence-electron chi connectivity index (χ3n) is 5.20. The first-order valence-corrected chi connectivity index (χ1v) is 11.6. The number of rotatable bonds is 9. The third-order valence-corrected chi connectivity index (χ3v) is 5.20. The molecule has 35 heavy (non-hydrogen) atoms. The highest BCUT2D eigenvalue weighted by molar-refractivity contribution is 6.01. The summed E-state index contributed by atoms with van der Waals surface area (Å²) in [5.41, 5.74) is 0.120. The molecule has 0 spiro atoms. The number of methoxy groups -OCH3 is 1. The molecule has 10 heteroatoms. The summed E-state index contributed by atoms with van der Waals surface area (Å²) >= 11 is 0. The van der Waals surface area contributed by atoms with Gasteiger partial charge in [-0.05, 0) is 86.9 Å². The first kappa shape index (κ1) is 25.9. The van der Waals surface area contributed by atoms with Gasteiger partial charge in [-0.2, -0.15) is 0 Å². The van der Waals surface area contributed by atoms with Gasteiger partial charge in [-0.1, -0.05) is 13.8 Å². The van der Waals surface area contributed by atoms with E-state index in [0.29, 0.717) is 35.2 Å². The van der Waals surface area contributed by atoms with Crippen molar-refractivity contribution < 1.29 is 18.7 Å². The van der Waals surface area contributed by atoms with Crippen molar-refractivity contribution in [3.05, 3.63) is 42.2 Å². The van der Waals surface area contributed by atoms with E-state index >= 15 is 0 Å². The quantitative estimate of drug-likeness (QED) is 0.495. The smallest absolute Gasteiger partial charge is 0.249 e. The Morgan fingerprint density at radius 2 is 1.83 bits per heavy atom. The van der Waals surface area contributed by atoms with Crippen LogP contribution in [0, 0.1) is 12.8 Å². The van der Waals surface area contributed by atoms with Gasteiger partial charge in [0, 0.05) is 11.2 Å². The molecule has 1 unspecified atom stereocenters. The Morgan fingerprint density at radius 1 is 1.14 bits per heavy atom. The van der Waals surface area contributed by atoms with Gasteiger partial charge in [0.25, 0.3) is 0 Å². The van der Waals surface area contributed by atoms with Crippen molar-refractivity contribution in [2.24, 2.45) is 5.92 Å². The van der Waals surface area contributed by atoms with E-state index in [0.717, 1.165) is 0 Å². The van der Waals surface area contributed by atoms with Crippen molar-refractivity contribution in [1.82, 2.24) is 25.5 Å². The van der Waals surface area contributed by atoms with Crippen molar-refractivity contribution in [3.63, 3.8) is 0 Å². The predicted octanol–water partition coefficient (Wildman–Crippen LogP) is 3.61. The van der Waals surface area contributed by atoms with Gasteiger partial charge in [0.1, 0.15) is 24.1 Å². The topological polar surface area (TPSA) is 115 Å². The van der Waals surface area contributed by atoms with Gasteiger partial charge in [-0.15, -0.1) is 5.10 Å². The summed E-state index contributed by atoms with van der Waals surface area (Å²) in [6, 6.07) is 9.88. The summed E-state index contributed by atoms with van der Waals surface area (Å²) < 4.78 is 12.3. The first-order chi connectivity index (χ1) is 16.5. The van der Waals surface area contributed by atoms with Crippen LogP contribution in [-0.2, 0) is 16.1 Å². The molecular weight excluding hydrogens is 448 g/mol. The highest BCUT2D eigenvalue weighted by atomic mass is 16.5. The lowest BCUT2D eigenvalue weighted by Gasteiger charge is -2.34. The number of hydrogen-bond acceptors (Lipinski definition) is 7. The number of aromatic nitrogens is 4. The number of furan rings is 1. The first-order valence-electron chi connectivity index (χ1n) is 11.6. The summed E-state index contributed by atoms with van der Waals surface area (Å²) in [6.45, 7) is 11.4. The minimum Gasteiger partial charge on any atom is -0.497 e. The van der Waals surface area contributed by atoms with Crippen molar-refractivity contribution in [2.45, 2.75) is 66.1 Å². The molecule has 3 rings (SSSR count). The Balaban J connectivity index is 2.01. The van der Waals surface area contributed by atoms with Gasteiger partial charge in [0.05, 0.1) is 7.11 Å². The lowest BCUT2D eigenvalue weighted by atomic mass is 9.99. The zero-order chi connectivity index (χ0) is 25.8. The van der Waals surface area contributed by atoms with Crippen LogP contribution in [0.25, 0.3) is 11.6 Å². The number of carbonyl (C=O) groups excluding carboxylic acids is 2. The minimum absolute atomic E-state index is 0.161. The molecule has 0 fully saturated rings. The second kappa shape index (κ2) is 10.7. The monoisotopic (exact) mass is 482 g/mol. The number of tetrazole rings is 1. The highest BCUT2D eigenvalue weighted by Crippen LogP contribution is 2.26. The van der Waals surface area contributed by atoms with Gasteiger partial charge in [-0.3, -0.25) is 14.5 Å². The summed E-state index contributed by atoms with van der Waals surface area (Å²) in [6.07, 6.45) is 0.472. The van der Waals surface area contributed by atoms with E-state index in [1.165, 1.54) is 9.58 Å². The normalized spacial score (nSPS) is 12.5. The number of benzene rings is 1. The number of carbonyl (C=O) groups is 2. The number of nitrogens with zero attached hydrogens (tertiary/aromatic N) is 5. The molecule has 0 saturated carbocycles. The lowest BCUT2D eigenvalue weighted by Crippen LogP contribution is -2.55. The molecule has 3 aromatic rings. The summed E-state index contributed by atoms with van der Waals surface area (Å²) in [7, 11) is 1.58. The Bertz CT molecular complexity index is 1140. The van der Waals surface area contributed by atoms with Crippen molar-refractivity contribution in [2.75, 3.05) is 12.0 Å². The van der Waals surface area contributed by atoms with Crippen LogP contribution in [0.1, 0.15) is 46.8 Å². The standard InChI is InChI=1S/C25H34N6O4/c1-16(2)14-20(24(33)26-25(4,5)6)31(18-9-11-19(34-7)12-10-18)22(32)15-30-23(27-28-29-30)21-13-8-17(3)35-21/h8-13,16,20H,14-15H2,1-7H3,(H,26,33). The number of anilines is 1. The van der Waals surface area contributed by atoms with E-state index < -0.39 is 11.6 Å². The molecule has 2 aromatic heterocycles. The van der Waals surface area contributed by atoms with E-state index in [4.69, 9.17) is 9.15 Å². The molecule has 1 aromatic carbocycles. The van der Waals surface area contributed by atoms with Crippen molar-refractivity contribution >= 4 is 17.5 Å². The molecule has 2 amide bonds. The molecule has 1 N–H and O–H groups in total. The van der Waals surface area contributed by atoms with Crippen LogP contribution in [0.4, 0.5) is 5.69 Å². The minimum atomic E-state index is -0.735. The largest absolute Gasteiger partial charge is 0.497 e. The molecule has 0 bridgehead atoms. The SMILES string of the molecule is COc1ccc(N(C(=O)Cn2nnnc2-c2ccc(C)o2)C(CC(C)C)C(=O)NC(C)(C)C)cc1. The van der Waals surface area contributed by atoms with Crippen LogP contribution in [0.15, 0.2) is 40.8 Å². The van der Waals surface area contributed by atoms with E-state index in [-0.39, 0.29) is 24.3 Å². The number of ether oxygens (including phenoxy) is 1. The van der Waals surface area contributed by atoms with E-state index in [2.05, 4.69) is 20.8 Å². The fourth-order valence-corrected chi connectivity index (χ4v) is 3.72. The van der Waals surface area contributed by atoms with E-state index in [9.17, 15) is 9.59 Å². The molecular formula is C25H34N6O4. The van der Waals surface area contributed by atoms with Crippen LogP contribution in [0.2, 0.25) is 0 Å². The molecule has 0 aliphatic rings. The second-order valence-electron chi connectivity index (χ2n) is 9.92. The Hall–Kier alpha value is -3.69. The fraction of sp³-hybridized carbons (Fsp3) is 0.480. The van der Waals surface area contributed by atoms with Gasteiger partial charge < -0.3 is 14.5 Å². The van der Waals surface area contributed by atoms with Gasteiger partial charge in [0.15, 0.2) is 5.76 Å². The zero-order valence-corrected chi connectivity index (χ0v) is 21.4. The fourth-order valence-electron chi connectivity index (χ4n) is 3.72. The average molecular weight is 483 g/mol. The van der Waals surface area contributed by atoms with Gasteiger partial charge >= 0.3 is 0 Å². The average Bonchev–Trinajstić information content (AvgIpc) is 3.40. The number of hydrogen-bond donors (Lipinski definition) is 1. The molecule has 0 aliphatic carbocycles. The van der Waals surface area contributed by atoms with Crippen LogP contribution >= 0.6 is 0 Å². The van der Waals surface area contributed by atoms with Crippen LogP contribution < -0.4 is 15.0 Å².